The molecule has 0 aliphatic carbocycles. The van der Waals surface area contributed by atoms with Gasteiger partial charge >= 0.3 is 5.97 Å². The maximum atomic E-state index is 11.1. The number of carbonyl (C=O) groups excluding carboxylic acids is 1. The molecule has 0 aromatic rings. The Morgan fingerprint density at radius 1 is 1.22 bits per heavy atom. The van der Waals surface area contributed by atoms with E-state index in [0.29, 0.717) is 6.61 Å². The molecule has 0 saturated carbocycles. The Bertz CT molecular complexity index is 261. The van der Waals surface area contributed by atoms with Crippen molar-refractivity contribution < 1.29 is 14.6 Å². The van der Waals surface area contributed by atoms with Crippen molar-refractivity contribution in [3.63, 3.8) is 0 Å². The van der Waals surface area contributed by atoms with Gasteiger partial charge in [0.25, 0.3) is 0 Å². The van der Waals surface area contributed by atoms with Crippen LogP contribution in [0.15, 0.2) is 12.8 Å². The fraction of sp³-hybridized carbons (Fsp3) is 0.833. The van der Waals surface area contributed by atoms with Gasteiger partial charge in [-0.05, 0) is 58.2 Å². The second kappa shape index (κ2) is 19.0. The quantitative estimate of drug-likeness (QED) is 0.534. The predicted molar refractivity (Wildman–Crippen MR) is 97.7 cm³/mol. The zero-order valence-electron chi connectivity index (χ0n) is 15.6. The lowest BCUT2D eigenvalue weighted by atomic mass is 10.0. The highest BCUT2D eigenvalue weighted by Crippen LogP contribution is 2.08. The fourth-order valence-electron chi connectivity index (χ4n) is 2.26. The molecule has 2 fully saturated rings. The van der Waals surface area contributed by atoms with Crippen LogP contribution < -0.4 is 10.6 Å². The zero-order chi connectivity index (χ0) is 17.9. The summed E-state index contributed by atoms with van der Waals surface area (Å²) in [4.78, 5) is 11.1. The van der Waals surface area contributed by atoms with Gasteiger partial charge in [-0.25, -0.2) is 0 Å². The average Bonchev–Trinajstić information content (AvgIpc) is 2.60. The van der Waals surface area contributed by atoms with Gasteiger partial charge < -0.3 is 20.5 Å². The van der Waals surface area contributed by atoms with E-state index in [1.54, 1.807) is 0 Å². The highest BCUT2D eigenvalue weighted by Gasteiger charge is 2.20. The number of nitrogens with one attached hydrogen (secondary N) is 2. The van der Waals surface area contributed by atoms with Gasteiger partial charge in [0.05, 0.1) is 12.9 Å². The lowest BCUT2D eigenvalue weighted by Crippen LogP contribution is -2.41. The molecule has 0 spiro atoms. The first-order valence-electron chi connectivity index (χ1n) is 9.01. The van der Waals surface area contributed by atoms with Crippen molar-refractivity contribution in [1.29, 1.82) is 0 Å². The minimum absolute atomic E-state index is 0.0382. The smallest absolute Gasteiger partial charge is 0.323 e. The minimum atomic E-state index is -0.0906. The highest BCUT2D eigenvalue weighted by atomic mass is 16.5. The summed E-state index contributed by atoms with van der Waals surface area (Å²) in [5.74, 6) is 0.883. The van der Waals surface area contributed by atoms with E-state index < -0.39 is 0 Å². The molecule has 5 nitrogen and oxygen atoms in total. The van der Waals surface area contributed by atoms with Gasteiger partial charge in [0, 0.05) is 0 Å². The van der Waals surface area contributed by atoms with Crippen LogP contribution in [-0.2, 0) is 9.53 Å². The average molecular weight is 331 g/mol. The molecule has 0 aromatic carbocycles. The number of aliphatic hydroxyl groups is 1. The number of hydrogen-bond acceptors (Lipinski definition) is 5. The van der Waals surface area contributed by atoms with Crippen molar-refractivity contribution in [2.45, 2.75) is 65.8 Å². The Labute approximate surface area is 142 Å². The molecule has 3 N–H and O–H groups in total. The van der Waals surface area contributed by atoms with E-state index in [9.17, 15) is 4.79 Å². The molecule has 5 heteroatoms. The second-order valence-electron chi connectivity index (χ2n) is 5.37. The zero-order valence-corrected chi connectivity index (χ0v) is 15.6. The maximum Gasteiger partial charge on any atom is 0.323 e. The first-order chi connectivity index (χ1) is 11.2. The Kier molecular flexibility index (Phi) is 20.0. The van der Waals surface area contributed by atoms with Crippen LogP contribution in [0.25, 0.3) is 0 Å². The van der Waals surface area contributed by atoms with Crippen molar-refractivity contribution in [3.8, 4) is 0 Å². The lowest BCUT2D eigenvalue weighted by molar-refractivity contribution is -0.146. The lowest BCUT2D eigenvalue weighted by Gasteiger charge is -2.21. The van der Waals surface area contributed by atoms with Crippen molar-refractivity contribution in [2.75, 3.05) is 26.2 Å². The first-order valence-corrected chi connectivity index (χ1v) is 9.01. The topological polar surface area (TPSA) is 70.6 Å². The number of hydrogen-bond donors (Lipinski definition) is 3. The van der Waals surface area contributed by atoms with E-state index in [2.05, 4.69) is 24.1 Å². The number of carbonyl (C=O) groups is 1. The summed E-state index contributed by atoms with van der Waals surface area (Å²) in [6.45, 7) is 15.0. The van der Waals surface area contributed by atoms with Gasteiger partial charge in [-0.1, -0.05) is 33.8 Å². The Balaban J connectivity index is 0. The van der Waals surface area contributed by atoms with E-state index in [4.69, 9.17) is 9.84 Å². The van der Waals surface area contributed by atoms with Crippen LogP contribution in [0.4, 0.5) is 0 Å². The predicted octanol–water partition coefficient (Wildman–Crippen LogP) is 3.41. The summed E-state index contributed by atoms with van der Waals surface area (Å²) >= 11 is 0. The standard InChI is InChI=1S/C8H15NO2.C6H13N.C2H4O.C2H6/c1-2-11-8(10)7-5-3-4-6-9-7;1-6-2-4-7-5-3-6;1-2-3;1-2/h7,9H,2-6H2,1H3;6-7H,2-5H2,1H3;2-3H,1H2;1-2H3. The molecule has 0 bridgehead atoms. The van der Waals surface area contributed by atoms with E-state index in [0.717, 1.165) is 31.6 Å². The number of rotatable bonds is 2. The molecular formula is C18H38N2O3. The number of esters is 1. The third-order valence-corrected chi connectivity index (χ3v) is 3.51. The molecule has 1 atom stereocenters. The fourth-order valence-corrected chi connectivity index (χ4v) is 2.26. The van der Waals surface area contributed by atoms with Crippen LogP contribution in [0.5, 0.6) is 0 Å². The van der Waals surface area contributed by atoms with Gasteiger partial charge in [0.2, 0.25) is 0 Å². The minimum Gasteiger partial charge on any atom is -0.516 e. The molecule has 138 valence electrons. The number of aliphatic hydroxyl groups excluding tert-OH is 1. The van der Waals surface area contributed by atoms with Crippen molar-refractivity contribution in [1.82, 2.24) is 10.6 Å². The molecule has 2 saturated heterocycles. The van der Waals surface area contributed by atoms with Crippen LogP contribution in [0.2, 0.25) is 0 Å². The molecule has 2 aliphatic heterocycles. The third-order valence-electron chi connectivity index (χ3n) is 3.51. The molecule has 2 aliphatic rings. The Morgan fingerprint density at radius 3 is 2.13 bits per heavy atom. The Hall–Kier alpha value is -1.07. The summed E-state index contributed by atoms with van der Waals surface area (Å²) < 4.78 is 4.88. The third kappa shape index (κ3) is 15.6. The van der Waals surface area contributed by atoms with E-state index in [1.165, 1.54) is 32.4 Å². The van der Waals surface area contributed by atoms with Gasteiger partial charge in [0.1, 0.15) is 6.04 Å². The molecule has 0 radical (unpaired) electrons. The van der Waals surface area contributed by atoms with Crippen molar-refractivity contribution in [3.05, 3.63) is 12.8 Å². The largest absolute Gasteiger partial charge is 0.516 e. The number of piperidine rings is 2. The normalized spacial score (nSPS) is 20.3. The number of ether oxygens (including phenoxy) is 1. The van der Waals surface area contributed by atoms with Crippen molar-refractivity contribution >= 4 is 5.97 Å². The van der Waals surface area contributed by atoms with Crippen LogP contribution in [0, 0.1) is 5.92 Å². The summed E-state index contributed by atoms with van der Waals surface area (Å²) in [7, 11) is 0. The van der Waals surface area contributed by atoms with Crippen LogP contribution in [0.1, 0.15) is 59.8 Å². The molecule has 0 amide bonds. The summed E-state index contributed by atoms with van der Waals surface area (Å²) in [6.07, 6.45) is 6.74. The second-order valence-corrected chi connectivity index (χ2v) is 5.37. The highest BCUT2D eigenvalue weighted by molar-refractivity contribution is 5.75. The van der Waals surface area contributed by atoms with Crippen LogP contribution in [-0.4, -0.2) is 43.4 Å². The SMILES string of the molecule is C=CO.CC.CC1CCNCC1.CCOC(=O)C1CCCCN1. The summed E-state index contributed by atoms with van der Waals surface area (Å²) in [6, 6.07) is -0.0382. The molecule has 0 aromatic heterocycles. The van der Waals surface area contributed by atoms with Gasteiger partial charge in [-0.15, -0.1) is 0 Å². The summed E-state index contributed by atoms with van der Waals surface area (Å²) in [5.41, 5.74) is 0. The monoisotopic (exact) mass is 330 g/mol. The van der Waals surface area contributed by atoms with Crippen LogP contribution >= 0.6 is 0 Å². The van der Waals surface area contributed by atoms with E-state index >= 15 is 0 Å². The van der Waals surface area contributed by atoms with Crippen molar-refractivity contribution in [2.24, 2.45) is 5.92 Å². The van der Waals surface area contributed by atoms with Gasteiger partial charge in [-0.3, -0.25) is 4.79 Å². The Morgan fingerprint density at radius 2 is 1.78 bits per heavy atom. The first kappa shape index (κ1) is 24.2. The van der Waals surface area contributed by atoms with Gasteiger partial charge in [0.15, 0.2) is 0 Å². The molecule has 2 rings (SSSR count). The maximum absolute atomic E-state index is 11.1. The van der Waals surface area contributed by atoms with E-state index in [-0.39, 0.29) is 12.0 Å². The molecular weight excluding hydrogens is 292 g/mol. The van der Waals surface area contributed by atoms with Gasteiger partial charge in [-0.2, -0.15) is 0 Å². The molecule has 2 heterocycles. The molecule has 23 heavy (non-hydrogen) atoms. The van der Waals surface area contributed by atoms with Crippen LogP contribution in [0.3, 0.4) is 0 Å². The molecule has 1 unspecified atom stereocenters. The van der Waals surface area contributed by atoms with E-state index in [1.807, 2.05) is 20.8 Å². The summed E-state index contributed by atoms with van der Waals surface area (Å²) in [5, 5.41) is 13.8.